The van der Waals surface area contributed by atoms with Gasteiger partial charge in [0.1, 0.15) is 11.8 Å². The number of aromatic amines is 1. The van der Waals surface area contributed by atoms with Gasteiger partial charge in [-0.15, -0.1) is 0 Å². The van der Waals surface area contributed by atoms with Crippen molar-refractivity contribution in [2.45, 2.75) is 84.0 Å². The summed E-state index contributed by atoms with van der Waals surface area (Å²) in [4.78, 5) is 55.9. The smallest absolute Gasteiger partial charge is 0.307 e. The Balaban J connectivity index is 1.32. The monoisotopic (exact) mass is 607 g/mol. The Hall–Kier alpha value is -3.92. The number of halogens is 1. The Morgan fingerprint density at radius 3 is 2.63 bits per heavy atom. The van der Waals surface area contributed by atoms with Crippen molar-refractivity contribution in [1.29, 1.82) is 0 Å². The molecule has 3 amide bonds. The van der Waals surface area contributed by atoms with Crippen LogP contribution in [0.1, 0.15) is 67.6 Å². The predicted octanol–water partition coefficient (Wildman–Crippen LogP) is 4.37. The van der Waals surface area contributed by atoms with Crippen LogP contribution in [-0.4, -0.2) is 68.4 Å². The van der Waals surface area contributed by atoms with Gasteiger partial charge in [-0.05, 0) is 83.2 Å². The van der Waals surface area contributed by atoms with Crippen molar-refractivity contribution in [1.82, 2.24) is 25.3 Å². The molecular formula is C32H38ClN5O5. The highest BCUT2D eigenvalue weighted by Crippen LogP contribution is 2.38. The molecule has 1 aromatic heterocycles. The van der Waals surface area contributed by atoms with Crippen molar-refractivity contribution >= 4 is 29.3 Å². The molecule has 228 valence electrons. The molecular weight excluding hydrogens is 570 g/mol. The van der Waals surface area contributed by atoms with E-state index in [0.29, 0.717) is 40.6 Å². The maximum absolute atomic E-state index is 14.1. The highest BCUT2D eigenvalue weighted by atomic mass is 35.5. The summed E-state index contributed by atoms with van der Waals surface area (Å²) in [6, 6.07) is 5.25. The Labute approximate surface area is 256 Å². The predicted molar refractivity (Wildman–Crippen MR) is 163 cm³/mol. The number of nitrogens with zero attached hydrogens (tertiary/aromatic N) is 3. The number of allylic oxidation sites excluding steroid dienone is 3. The molecule has 1 aromatic carbocycles. The first-order valence-corrected chi connectivity index (χ1v) is 15.2. The zero-order valence-corrected chi connectivity index (χ0v) is 25.7. The Morgan fingerprint density at radius 2 is 1.93 bits per heavy atom. The number of hydrogen-bond donors (Lipinski definition) is 2. The minimum Gasteiger partial charge on any atom is -0.451 e. The van der Waals surface area contributed by atoms with E-state index in [4.69, 9.17) is 16.3 Å². The SMILES string of the molecule is Cc1cc(Oc2ccc(C(=O)N[C@H](C)C(=O)N3[C@@H]([C@H](C)N4CCCC4=O)CC[C@H]3C3C=C(Cl)C=CC3)cc2C)c(=O)[nH]n1. The standard InChI is InChI=1S/C32H38ClN5O5/c1-18-15-23(10-13-27(18)43-28-16-19(2)35-36-31(28)41)30(40)34-20(3)32(42)38-25(21(4)37-14-6-9-29(37)39)11-12-26(38)22-7-5-8-24(33)17-22/h5,8,10,13,15-17,20-22,25-26H,6-7,9,11-12,14H2,1-4H3,(H,34,40)(H,36,41)/t20-,21+,22?,25-,26+/m1/s1. The van der Waals surface area contributed by atoms with E-state index in [-0.39, 0.29) is 41.6 Å². The molecule has 0 saturated carbocycles. The molecule has 0 spiro atoms. The van der Waals surface area contributed by atoms with Crippen LogP contribution in [0.5, 0.6) is 11.5 Å². The van der Waals surface area contributed by atoms with Crippen LogP contribution in [0, 0.1) is 19.8 Å². The van der Waals surface area contributed by atoms with Gasteiger partial charge in [0.25, 0.3) is 5.91 Å². The van der Waals surface area contributed by atoms with Crippen LogP contribution in [0.2, 0.25) is 0 Å². The van der Waals surface area contributed by atoms with Crippen LogP contribution in [-0.2, 0) is 9.59 Å². The molecule has 0 bridgehead atoms. The molecule has 11 heteroatoms. The van der Waals surface area contributed by atoms with Gasteiger partial charge in [0.2, 0.25) is 11.8 Å². The molecule has 5 rings (SSSR count). The van der Waals surface area contributed by atoms with Gasteiger partial charge in [0.05, 0.1) is 11.7 Å². The second-order valence-corrected chi connectivity index (χ2v) is 12.2. The maximum atomic E-state index is 14.1. The molecule has 1 aliphatic carbocycles. The quantitative estimate of drug-likeness (QED) is 0.459. The Morgan fingerprint density at radius 1 is 1.14 bits per heavy atom. The van der Waals surface area contributed by atoms with Gasteiger partial charge in [0.15, 0.2) is 5.75 Å². The molecule has 2 aliphatic heterocycles. The van der Waals surface area contributed by atoms with Gasteiger partial charge < -0.3 is 19.9 Å². The summed E-state index contributed by atoms with van der Waals surface area (Å²) in [7, 11) is 0. The summed E-state index contributed by atoms with van der Waals surface area (Å²) < 4.78 is 5.78. The number of aryl methyl sites for hydroxylation is 2. The number of rotatable bonds is 8. The lowest BCUT2D eigenvalue weighted by atomic mass is 9.90. The molecule has 10 nitrogen and oxygen atoms in total. The lowest BCUT2D eigenvalue weighted by molar-refractivity contribution is -0.140. The highest BCUT2D eigenvalue weighted by molar-refractivity contribution is 6.31. The van der Waals surface area contributed by atoms with Crippen molar-refractivity contribution in [2.24, 2.45) is 5.92 Å². The average molecular weight is 608 g/mol. The fourth-order valence-electron chi connectivity index (χ4n) is 6.47. The van der Waals surface area contributed by atoms with Gasteiger partial charge in [0, 0.05) is 47.6 Å². The third-order valence-corrected chi connectivity index (χ3v) is 8.96. The van der Waals surface area contributed by atoms with E-state index in [0.717, 1.165) is 25.7 Å². The van der Waals surface area contributed by atoms with Crippen LogP contribution in [0.3, 0.4) is 0 Å². The first-order chi connectivity index (χ1) is 20.5. The molecule has 2 saturated heterocycles. The summed E-state index contributed by atoms with van der Waals surface area (Å²) in [6.45, 7) is 7.94. The normalized spacial score (nSPS) is 23.2. The Bertz CT molecular complexity index is 1530. The van der Waals surface area contributed by atoms with E-state index in [1.54, 1.807) is 45.0 Å². The number of aromatic nitrogens is 2. The van der Waals surface area contributed by atoms with Crippen molar-refractivity contribution in [3.05, 3.63) is 74.7 Å². The first kappa shape index (κ1) is 30.5. The van der Waals surface area contributed by atoms with Crippen molar-refractivity contribution in [2.75, 3.05) is 6.54 Å². The Kier molecular flexibility index (Phi) is 9.05. The molecule has 2 N–H and O–H groups in total. The van der Waals surface area contributed by atoms with Gasteiger partial charge in [-0.25, -0.2) is 5.10 Å². The number of benzene rings is 1. The summed E-state index contributed by atoms with van der Waals surface area (Å²) in [5, 5.41) is 9.78. The lowest BCUT2D eigenvalue weighted by Gasteiger charge is -2.40. The minimum atomic E-state index is -0.801. The van der Waals surface area contributed by atoms with Crippen molar-refractivity contribution in [3.63, 3.8) is 0 Å². The lowest BCUT2D eigenvalue weighted by Crippen LogP contribution is -2.57. The minimum absolute atomic E-state index is 0.0578. The van der Waals surface area contributed by atoms with E-state index in [2.05, 4.69) is 15.5 Å². The van der Waals surface area contributed by atoms with Crippen LogP contribution < -0.4 is 15.6 Å². The van der Waals surface area contributed by atoms with E-state index >= 15 is 0 Å². The summed E-state index contributed by atoms with van der Waals surface area (Å²) in [5.74, 6) is 0.144. The van der Waals surface area contributed by atoms with E-state index in [1.807, 2.05) is 35.0 Å². The number of hydrogen-bond acceptors (Lipinski definition) is 6. The molecule has 2 aromatic rings. The van der Waals surface area contributed by atoms with Gasteiger partial charge in [-0.1, -0.05) is 23.8 Å². The fraction of sp³-hybridized carbons (Fsp3) is 0.469. The van der Waals surface area contributed by atoms with E-state index in [1.165, 1.54) is 0 Å². The number of nitrogens with one attached hydrogen (secondary N) is 2. The second-order valence-electron chi connectivity index (χ2n) is 11.7. The maximum Gasteiger partial charge on any atom is 0.307 e. The van der Waals surface area contributed by atoms with Crippen molar-refractivity contribution in [3.8, 4) is 11.5 Å². The van der Waals surface area contributed by atoms with Gasteiger partial charge in [-0.2, -0.15) is 5.10 Å². The number of H-pyrrole nitrogens is 1. The van der Waals surface area contributed by atoms with Gasteiger partial charge >= 0.3 is 5.56 Å². The molecule has 2 fully saturated rings. The van der Waals surface area contributed by atoms with E-state index in [9.17, 15) is 19.2 Å². The largest absolute Gasteiger partial charge is 0.451 e. The number of ether oxygens (including phenoxy) is 1. The number of carbonyl (C=O) groups is 3. The van der Waals surface area contributed by atoms with Gasteiger partial charge in [-0.3, -0.25) is 19.2 Å². The zero-order chi connectivity index (χ0) is 30.8. The van der Waals surface area contributed by atoms with E-state index < -0.39 is 17.5 Å². The first-order valence-electron chi connectivity index (χ1n) is 14.8. The zero-order valence-electron chi connectivity index (χ0n) is 24.9. The number of amides is 3. The summed E-state index contributed by atoms with van der Waals surface area (Å²) in [6.07, 6.45) is 9.62. The van der Waals surface area contributed by atoms with Crippen LogP contribution in [0.4, 0.5) is 0 Å². The second kappa shape index (κ2) is 12.8. The molecule has 43 heavy (non-hydrogen) atoms. The molecule has 1 unspecified atom stereocenters. The summed E-state index contributed by atoms with van der Waals surface area (Å²) in [5.41, 5.74) is 1.16. The fourth-order valence-corrected chi connectivity index (χ4v) is 6.73. The molecule has 5 atom stereocenters. The topological polar surface area (TPSA) is 125 Å². The molecule has 3 aliphatic rings. The molecule has 3 heterocycles. The van der Waals surface area contributed by atoms with Crippen LogP contribution >= 0.6 is 11.6 Å². The number of likely N-dealkylation sites (tertiary alicyclic amines) is 2. The third-order valence-electron chi connectivity index (χ3n) is 8.71. The third kappa shape index (κ3) is 6.54. The highest BCUT2D eigenvalue weighted by Gasteiger charge is 2.46. The van der Waals surface area contributed by atoms with Crippen molar-refractivity contribution < 1.29 is 19.1 Å². The molecule has 0 radical (unpaired) electrons. The summed E-state index contributed by atoms with van der Waals surface area (Å²) >= 11 is 6.35. The van der Waals surface area contributed by atoms with Crippen LogP contribution in [0.15, 0.2) is 52.3 Å². The average Bonchev–Trinajstić information content (AvgIpc) is 3.61. The number of carbonyl (C=O) groups excluding carboxylic acids is 3. The van der Waals surface area contributed by atoms with Crippen LogP contribution in [0.25, 0.3) is 0 Å².